The van der Waals surface area contributed by atoms with Crippen molar-refractivity contribution in [2.24, 2.45) is 5.84 Å². The van der Waals surface area contributed by atoms with Crippen LogP contribution in [0.25, 0.3) is 0 Å². The van der Waals surface area contributed by atoms with Crippen LogP contribution in [0.4, 0.5) is 0 Å². The van der Waals surface area contributed by atoms with Crippen molar-refractivity contribution in [2.75, 3.05) is 19.6 Å². The van der Waals surface area contributed by atoms with Crippen LogP contribution in [-0.4, -0.2) is 36.6 Å². The van der Waals surface area contributed by atoms with Gasteiger partial charge in [-0.05, 0) is 12.1 Å². The quantitative estimate of drug-likeness (QED) is 0.520. The van der Waals surface area contributed by atoms with Crippen LogP contribution in [0, 0.1) is 0 Å². The van der Waals surface area contributed by atoms with Crippen molar-refractivity contribution in [3.05, 3.63) is 34.9 Å². The van der Waals surface area contributed by atoms with E-state index < -0.39 is 0 Å². The normalized spacial score (nSPS) is 20.4. The number of piperazine rings is 1. The molecule has 17 heavy (non-hydrogen) atoms. The lowest BCUT2D eigenvalue weighted by atomic mass is 10.2. The molecular formula is C11H15ClN4O. The maximum atomic E-state index is 12.2. The summed E-state index contributed by atoms with van der Waals surface area (Å²) in [5.74, 6) is 5.30. The van der Waals surface area contributed by atoms with Crippen LogP contribution in [0.3, 0.4) is 0 Å². The molecule has 1 aliphatic rings. The van der Waals surface area contributed by atoms with E-state index in [0.29, 0.717) is 30.2 Å². The van der Waals surface area contributed by atoms with E-state index in [-0.39, 0.29) is 12.1 Å². The zero-order chi connectivity index (χ0) is 12.3. The van der Waals surface area contributed by atoms with Crippen molar-refractivity contribution in [2.45, 2.75) is 6.17 Å². The number of benzene rings is 1. The highest BCUT2D eigenvalue weighted by Gasteiger charge is 2.24. The van der Waals surface area contributed by atoms with E-state index in [1.165, 1.54) is 0 Å². The monoisotopic (exact) mass is 254 g/mol. The van der Waals surface area contributed by atoms with Gasteiger partial charge in [-0.2, -0.15) is 0 Å². The molecule has 0 saturated carbocycles. The first-order chi connectivity index (χ1) is 8.22. The predicted octanol–water partition coefficient (Wildman–Crippen LogP) is 0.175. The molecule has 1 unspecified atom stereocenters. The van der Waals surface area contributed by atoms with Crippen molar-refractivity contribution in [1.29, 1.82) is 0 Å². The van der Waals surface area contributed by atoms with E-state index in [1.54, 1.807) is 29.2 Å². The molecule has 0 aromatic heterocycles. The molecule has 1 aliphatic heterocycles. The van der Waals surface area contributed by atoms with Gasteiger partial charge in [-0.15, -0.1) is 0 Å². The Kier molecular flexibility index (Phi) is 3.96. The maximum Gasteiger partial charge on any atom is 0.255 e. The Labute approximate surface area is 105 Å². The lowest BCUT2D eigenvalue weighted by Crippen LogP contribution is -2.60. The van der Waals surface area contributed by atoms with Gasteiger partial charge in [0.1, 0.15) is 0 Å². The predicted molar refractivity (Wildman–Crippen MR) is 66.5 cm³/mol. The van der Waals surface area contributed by atoms with Gasteiger partial charge in [-0.1, -0.05) is 23.7 Å². The van der Waals surface area contributed by atoms with Gasteiger partial charge in [0.05, 0.1) is 23.3 Å². The number of carbonyl (C=O) groups is 1. The molecule has 6 heteroatoms. The smallest absolute Gasteiger partial charge is 0.255 e. The fraction of sp³-hybridized carbons (Fsp3) is 0.364. The van der Waals surface area contributed by atoms with Crippen LogP contribution in [0.15, 0.2) is 24.3 Å². The van der Waals surface area contributed by atoms with Crippen LogP contribution in [0.5, 0.6) is 0 Å². The molecule has 0 radical (unpaired) electrons. The fourth-order valence-electron chi connectivity index (χ4n) is 1.85. The van der Waals surface area contributed by atoms with Gasteiger partial charge in [-0.3, -0.25) is 16.0 Å². The van der Waals surface area contributed by atoms with Crippen LogP contribution >= 0.6 is 11.6 Å². The molecule has 0 aliphatic carbocycles. The van der Waals surface area contributed by atoms with Gasteiger partial charge in [0, 0.05) is 13.1 Å². The first-order valence-electron chi connectivity index (χ1n) is 5.45. The molecule has 1 aromatic carbocycles. The molecule has 1 saturated heterocycles. The molecule has 1 amide bonds. The number of carbonyl (C=O) groups excluding carboxylic acids is 1. The summed E-state index contributed by atoms with van der Waals surface area (Å²) in [6, 6.07) is 7.06. The topological polar surface area (TPSA) is 70.4 Å². The van der Waals surface area contributed by atoms with Gasteiger partial charge >= 0.3 is 0 Å². The Morgan fingerprint density at radius 2 is 2.29 bits per heavy atom. The van der Waals surface area contributed by atoms with E-state index in [2.05, 4.69) is 10.7 Å². The standard InChI is InChI=1S/C11H15ClN4O/c12-9-4-2-1-3-8(9)11(17)16-6-5-14-10(7-16)15-13/h1-4,10,14-15H,5-7,13H2. The van der Waals surface area contributed by atoms with Crippen LogP contribution in [0.2, 0.25) is 5.02 Å². The number of hydrogen-bond acceptors (Lipinski definition) is 4. The summed E-state index contributed by atoms with van der Waals surface area (Å²) in [6.45, 7) is 1.90. The number of hydrogen-bond donors (Lipinski definition) is 3. The average Bonchev–Trinajstić information content (AvgIpc) is 2.38. The molecule has 5 nitrogen and oxygen atoms in total. The van der Waals surface area contributed by atoms with Gasteiger partial charge in [0.25, 0.3) is 5.91 Å². The van der Waals surface area contributed by atoms with Gasteiger partial charge in [0.15, 0.2) is 0 Å². The summed E-state index contributed by atoms with van der Waals surface area (Å²) in [5, 5.41) is 3.64. The molecule has 92 valence electrons. The summed E-state index contributed by atoms with van der Waals surface area (Å²) in [4.78, 5) is 14.0. The second kappa shape index (κ2) is 5.46. The summed E-state index contributed by atoms with van der Waals surface area (Å²) in [6.07, 6.45) is -0.0739. The van der Waals surface area contributed by atoms with Crippen molar-refractivity contribution in [3.63, 3.8) is 0 Å². The second-order valence-corrected chi connectivity index (χ2v) is 4.31. The number of nitrogens with two attached hydrogens (primary N) is 1. The minimum Gasteiger partial charge on any atom is -0.334 e. The minimum atomic E-state index is -0.0739. The summed E-state index contributed by atoms with van der Waals surface area (Å²) < 4.78 is 0. The molecular weight excluding hydrogens is 240 g/mol. The van der Waals surface area contributed by atoms with E-state index in [0.717, 1.165) is 0 Å². The lowest BCUT2D eigenvalue weighted by molar-refractivity contribution is 0.0689. The Hall–Kier alpha value is -1.14. The third-order valence-corrected chi connectivity index (χ3v) is 3.10. The van der Waals surface area contributed by atoms with E-state index in [4.69, 9.17) is 17.4 Å². The van der Waals surface area contributed by atoms with Crippen LogP contribution < -0.4 is 16.6 Å². The van der Waals surface area contributed by atoms with Crippen molar-refractivity contribution < 1.29 is 4.79 Å². The van der Waals surface area contributed by atoms with E-state index in [9.17, 15) is 4.79 Å². The Balaban J connectivity index is 2.12. The molecule has 1 heterocycles. The van der Waals surface area contributed by atoms with Crippen molar-refractivity contribution in [3.8, 4) is 0 Å². The SMILES string of the molecule is NNC1CN(C(=O)c2ccccc2Cl)CCN1. The first kappa shape index (κ1) is 12.3. The summed E-state index contributed by atoms with van der Waals surface area (Å²) in [5.41, 5.74) is 3.15. The lowest BCUT2D eigenvalue weighted by Gasteiger charge is -2.33. The summed E-state index contributed by atoms with van der Waals surface area (Å²) >= 11 is 6.01. The average molecular weight is 255 g/mol. The van der Waals surface area contributed by atoms with Gasteiger partial charge < -0.3 is 4.90 Å². The highest BCUT2D eigenvalue weighted by molar-refractivity contribution is 6.33. The third kappa shape index (κ3) is 2.76. The number of hydrazine groups is 1. The Bertz CT molecular complexity index is 412. The second-order valence-electron chi connectivity index (χ2n) is 3.90. The van der Waals surface area contributed by atoms with Crippen molar-refractivity contribution >= 4 is 17.5 Å². The number of rotatable bonds is 2. The molecule has 2 rings (SSSR count). The maximum absolute atomic E-state index is 12.2. The minimum absolute atomic E-state index is 0.0580. The van der Waals surface area contributed by atoms with Crippen LogP contribution in [0.1, 0.15) is 10.4 Å². The zero-order valence-electron chi connectivity index (χ0n) is 9.32. The number of nitrogens with zero attached hydrogens (tertiary/aromatic N) is 1. The highest BCUT2D eigenvalue weighted by atomic mass is 35.5. The fourth-order valence-corrected chi connectivity index (χ4v) is 2.07. The number of amides is 1. The number of nitrogens with one attached hydrogen (secondary N) is 2. The number of halogens is 1. The Morgan fingerprint density at radius 1 is 1.53 bits per heavy atom. The molecule has 4 N–H and O–H groups in total. The van der Waals surface area contributed by atoms with Crippen molar-refractivity contribution in [1.82, 2.24) is 15.6 Å². The van der Waals surface area contributed by atoms with Gasteiger partial charge in [-0.25, -0.2) is 5.43 Å². The van der Waals surface area contributed by atoms with E-state index in [1.807, 2.05) is 0 Å². The van der Waals surface area contributed by atoms with E-state index >= 15 is 0 Å². The highest BCUT2D eigenvalue weighted by Crippen LogP contribution is 2.17. The van der Waals surface area contributed by atoms with Gasteiger partial charge in [0.2, 0.25) is 0 Å². The third-order valence-electron chi connectivity index (χ3n) is 2.77. The molecule has 1 atom stereocenters. The molecule has 0 bridgehead atoms. The molecule has 1 fully saturated rings. The summed E-state index contributed by atoms with van der Waals surface area (Å²) in [7, 11) is 0. The molecule has 1 aromatic rings. The molecule has 0 spiro atoms. The largest absolute Gasteiger partial charge is 0.334 e. The Morgan fingerprint density at radius 3 is 3.00 bits per heavy atom. The first-order valence-corrected chi connectivity index (χ1v) is 5.83. The van der Waals surface area contributed by atoms with Crippen LogP contribution in [-0.2, 0) is 0 Å². The zero-order valence-corrected chi connectivity index (χ0v) is 10.1.